The minimum absolute atomic E-state index is 0. The molecule has 1 aromatic rings. The van der Waals surface area contributed by atoms with Gasteiger partial charge in [0.15, 0.2) is 17.5 Å². The standard InChI is InChI=1S/C21H36N4O2.HI/c1-5-22-20(24-16-21(2,3)25-13-7-6-8-14-25)23-12-11-17-9-10-18(26)19(15-17)27-4;/h9-10,15,26H,5-8,11-14,16H2,1-4H3,(H2,22,23,24);1H. The molecule has 1 saturated heterocycles. The molecule has 0 aliphatic carbocycles. The predicted molar refractivity (Wildman–Crippen MR) is 127 cm³/mol. The maximum Gasteiger partial charge on any atom is 0.191 e. The van der Waals surface area contributed by atoms with Gasteiger partial charge in [-0.1, -0.05) is 12.5 Å². The second kappa shape index (κ2) is 12.4. The van der Waals surface area contributed by atoms with E-state index in [9.17, 15) is 5.11 Å². The zero-order valence-corrected chi connectivity index (χ0v) is 20.1. The molecule has 3 N–H and O–H groups in total. The first kappa shape index (κ1) is 24.8. The van der Waals surface area contributed by atoms with Crippen LogP contribution in [-0.2, 0) is 6.42 Å². The Morgan fingerprint density at radius 1 is 1.21 bits per heavy atom. The smallest absolute Gasteiger partial charge is 0.191 e. The number of hydrogen-bond donors (Lipinski definition) is 3. The van der Waals surface area contributed by atoms with Crippen LogP contribution in [-0.4, -0.2) is 61.3 Å². The van der Waals surface area contributed by atoms with Gasteiger partial charge in [-0.05, 0) is 70.8 Å². The number of rotatable bonds is 8. The van der Waals surface area contributed by atoms with Crippen LogP contribution in [0.15, 0.2) is 23.2 Å². The van der Waals surface area contributed by atoms with Crippen LogP contribution in [0.1, 0.15) is 45.6 Å². The number of aromatic hydroxyl groups is 1. The van der Waals surface area contributed by atoms with Crippen LogP contribution >= 0.6 is 24.0 Å². The Morgan fingerprint density at radius 3 is 2.57 bits per heavy atom. The van der Waals surface area contributed by atoms with Crippen LogP contribution in [0.2, 0.25) is 0 Å². The summed E-state index contributed by atoms with van der Waals surface area (Å²) < 4.78 is 5.17. The van der Waals surface area contributed by atoms with E-state index < -0.39 is 0 Å². The number of benzene rings is 1. The van der Waals surface area contributed by atoms with Crippen LogP contribution in [0.5, 0.6) is 11.5 Å². The molecule has 0 atom stereocenters. The number of aliphatic imine (C=N–C) groups is 1. The molecule has 0 unspecified atom stereocenters. The number of nitrogens with one attached hydrogen (secondary N) is 2. The van der Waals surface area contributed by atoms with Crippen molar-refractivity contribution in [2.45, 2.75) is 52.0 Å². The highest BCUT2D eigenvalue weighted by Crippen LogP contribution is 2.26. The minimum Gasteiger partial charge on any atom is -0.504 e. The van der Waals surface area contributed by atoms with Gasteiger partial charge >= 0.3 is 0 Å². The Morgan fingerprint density at radius 2 is 1.93 bits per heavy atom. The molecule has 0 radical (unpaired) electrons. The van der Waals surface area contributed by atoms with E-state index in [1.807, 2.05) is 12.1 Å². The first-order chi connectivity index (χ1) is 13.0. The highest BCUT2D eigenvalue weighted by molar-refractivity contribution is 14.0. The summed E-state index contributed by atoms with van der Waals surface area (Å²) in [7, 11) is 1.57. The number of phenolic OH excluding ortho intramolecular Hbond substituents is 1. The van der Waals surface area contributed by atoms with E-state index in [2.05, 4.69) is 36.3 Å². The van der Waals surface area contributed by atoms with E-state index in [0.29, 0.717) is 5.75 Å². The molecule has 0 aromatic heterocycles. The SMILES string of the molecule is CCNC(=NCC(C)(C)N1CCCCC1)NCCc1ccc(O)c(OC)c1.I. The lowest BCUT2D eigenvalue weighted by atomic mass is 9.99. The van der Waals surface area contributed by atoms with Crippen molar-refractivity contribution in [3.8, 4) is 11.5 Å². The quantitative estimate of drug-likeness (QED) is 0.288. The molecule has 0 saturated carbocycles. The number of ether oxygens (including phenoxy) is 1. The number of guanidine groups is 1. The molecular weight excluding hydrogens is 467 g/mol. The molecule has 1 aliphatic rings. The molecular formula is C21H37IN4O2. The summed E-state index contributed by atoms with van der Waals surface area (Å²) in [5.41, 5.74) is 1.19. The summed E-state index contributed by atoms with van der Waals surface area (Å²) in [6.45, 7) is 11.4. The van der Waals surface area contributed by atoms with Gasteiger partial charge in [-0.2, -0.15) is 0 Å². The van der Waals surface area contributed by atoms with E-state index in [0.717, 1.165) is 37.6 Å². The first-order valence-electron chi connectivity index (χ1n) is 10.1. The van der Waals surface area contributed by atoms with Gasteiger partial charge in [0.2, 0.25) is 0 Å². The van der Waals surface area contributed by atoms with Crippen molar-refractivity contribution in [3.05, 3.63) is 23.8 Å². The lowest BCUT2D eigenvalue weighted by Gasteiger charge is -2.40. The molecule has 1 heterocycles. The minimum atomic E-state index is 0. The van der Waals surface area contributed by atoms with Crippen LogP contribution in [0, 0.1) is 0 Å². The van der Waals surface area contributed by atoms with Crippen molar-refractivity contribution in [2.24, 2.45) is 4.99 Å². The van der Waals surface area contributed by atoms with Gasteiger partial charge in [0, 0.05) is 18.6 Å². The second-order valence-corrected chi connectivity index (χ2v) is 7.74. The topological polar surface area (TPSA) is 69.1 Å². The summed E-state index contributed by atoms with van der Waals surface area (Å²) in [5.74, 6) is 1.54. The number of likely N-dealkylation sites (tertiary alicyclic amines) is 1. The highest BCUT2D eigenvalue weighted by atomic mass is 127. The zero-order valence-electron chi connectivity index (χ0n) is 17.8. The fourth-order valence-corrected chi connectivity index (χ4v) is 3.42. The van der Waals surface area contributed by atoms with Crippen LogP contribution in [0.3, 0.4) is 0 Å². The maximum atomic E-state index is 9.70. The third-order valence-electron chi connectivity index (χ3n) is 5.13. The summed E-state index contributed by atoms with van der Waals surface area (Å²) >= 11 is 0. The molecule has 28 heavy (non-hydrogen) atoms. The average molecular weight is 504 g/mol. The van der Waals surface area contributed by atoms with Crippen molar-refractivity contribution >= 4 is 29.9 Å². The Kier molecular flexibility index (Phi) is 11.0. The second-order valence-electron chi connectivity index (χ2n) is 7.74. The molecule has 0 bridgehead atoms. The molecule has 160 valence electrons. The number of hydrogen-bond acceptors (Lipinski definition) is 4. The Bertz CT molecular complexity index is 616. The number of nitrogens with zero attached hydrogens (tertiary/aromatic N) is 2. The lowest BCUT2D eigenvalue weighted by Crippen LogP contribution is -2.49. The molecule has 0 spiro atoms. The van der Waals surface area contributed by atoms with E-state index in [1.54, 1.807) is 13.2 Å². The van der Waals surface area contributed by atoms with E-state index in [-0.39, 0.29) is 35.3 Å². The van der Waals surface area contributed by atoms with Gasteiger partial charge in [-0.15, -0.1) is 24.0 Å². The van der Waals surface area contributed by atoms with Gasteiger partial charge in [0.05, 0.1) is 13.7 Å². The van der Waals surface area contributed by atoms with Crippen molar-refractivity contribution in [3.63, 3.8) is 0 Å². The third kappa shape index (κ3) is 7.66. The first-order valence-corrected chi connectivity index (χ1v) is 10.1. The molecule has 0 amide bonds. The average Bonchev–Trinajstić information content (AvgIpc) is 2.68. The summed E-state index contributed by atoms with van der Waals surface area (Å²) in [6, 6.07) is 5.47. The maximum absolute atomic E-state index is 9.70. The van der Waals surface area contributed by atoms with Gasteiger partial charge in [0.1, 0.15) is 0 Å². The molecule has 2 rings (SSSR count). The van der Waals surface area contributed by atoms with E-state index >= 15 is 0 Å². The third-order valence-corrected chi connectivity index (χ3v) is 5.13. The Balaban J connectivity index is 0.00000392. The summed E-state index contributed by atoms with van der Waals surface area (Å²) in [6.07, 6.45) is 4.77. The van der Waals surface area contributed by atoms with Crippen molar-refractivity contribution < 1.29 is 9.84 Å². The number of phenols is 1. The fourth-order valence-electron chi connectivity index (χ4n) is 3.42. The van der Waals surface area contributed by atoms with E-state index in [1.165, 1.54) is 32.4 Å². The van der Waals surface area contributed by atoms with Crippen LogP contribution < -0.4 is 15.4 Å². The number of halogens is 1. The van der Waals surface area contributed by atoms with Gasteiger partial charge in [0.25, 0.3) is 0 Å². The molecule has 7 heteroatoms. The predicted octanol–water partition coefficient (Wildman–Crippen LogP) is 3.38. The molecule has 6 nitrogen and oxygen atoms in total. The monoisotopic (exact) mass is 504 g/mol. The lowest BCUT2D eigenvalue weighted by molar-refractivity contribution is 0.102. The summed E-state index contributed by atoms with van der Waals surface area (Å²) in [4.78, 5) is 7.39. The Labute approximate surface area is 187 Å². The molecule has 1 aromatic carbocycles. The van der Waals surface area contributed by atoms with E-state index in [4.69, 9.17) is 9.73 Å². The highest BCUT2D eigenvalue weighted by Gasteiger charge is 2.27. The zero-order chi connectivity index (χ0) is 19.7. The van der Waals surface area contributed by atoms with Gasteiger partial charge in [-0.25, -0.2) is 0 Å². The van der Waals surface area contributed by atoms with Crippen molar-refractivity contribution in [1.29, 1.82) is 0 Å². The van der Waals surface area contributed by atoms with Gasteiger partial charge in [-0.3, -0.25) is 9.89 Å². The van der Waals surface area contributed by atoms with Crippen molar-refractivity contribution in [2.75, 3.05) is 39.8 Å². The van der Waals surface area contributed by atoms with Crippen LogP contribution in [0.4, 0.5) is 0 Å². The molecule has 1 aliphatic heterocycles. The van der Waals surface area contributed by atoms with Crippen molar-refractivity contribution in [1.82, 2.24) is 15.5 Å². The largest absolute Gasteiger partial charge is 0.504 e. The molecule has 1 fully saturated rings. The number of piperidine rings is 1. The normalized spacial score (nSPS) is 15.6. The van der Waals surface area contributed by atoms with Crippen LogP contribution in [0.25, 0.3) is 0 Å². The number of methoxy groups -OCH3 is 1. The Hall–Kier alpha value is -1.22. The van der Waals surface area contributed by atoms with Gasteiger partial charge < -0.3 is 20.5 Å². The fraction of sp³-hybridized carbons (Fsp3) is 0.667. The summed E-state index contributed by atoms with van der Waals surface area (Å²) in [5, 5.41) is 16.4.